The number of likely N-dealkylation sites (N-methyl/N-ethyl adjacent to an activating group) is 1. The molecule has 3 atom stereocenters. The van der Waals surface area contributed by atoms with Crippen LogP contribution in [-0.4, -0.2) is 153 Å². The SMILES string of the molecule is CC(C)CC(=O)NCCOCCOCCOCC(=O)N(C)CCN(C[C@@H](C(=O)N1CCN(c2ncnc3c2[C@H](C)C[C@H]3O)CC1)c1ccc(Cl)cc1)C(C)C. The number of ether oxygens (including phenoxy) is 3. The standard InChI is InChI=1S/C40H62ClN7O7/c1-28(2)23-35(50)42-11-18-53-19-20-54-21-22-55-26-36(51)45(6)12-13-48(29(3)4)25-33(31-7-9-32(41)10-8-31)40(52)47-16-14-46(15-17-47)39-37-30(5)24-34(49)38(37)43-27-44-39/h7-10,27-30,33-34,49H,11-26H2,1-6H3,(H,42,50)/t30-,33-,34-/m1/s1. The maximum Gasteiger partial charge on any atom is 0.248 e. The van der Waals surface area contributed by atoms with Crippen LogP contribution in [0.1, 0.15) is 82.2 Å². The number of benzene rings is 1. The zero-order valence-corrected chi connectivity index (χ0v) is 34.3. The molecule has 0 radical (unpaired) electrons. The number of halogens is 1. The van der Waals surface area contributed by atoms with E-state index in [0.717, 1.165) is 16.9 Å². The Kier molecular flexibility index (Phi) is 18.0. The molecule has 3 amide bonds. The molecule has 1 aromatic heterocycles. The number of nitrogens with zero attached hydrogens (tertiary/aromatic N) is 6. The molecule has 306 valence electrons. The zero-order valence-electron chi connectivity index (χ0n) is 33.5. The first-order chi connectivity index (χ1) is 26.3. The number of carbonyl (C=O) groups is 3. The van der Waals surface area contributed by atoms with Crippen LogP contribution in [-0.2, 0) is 28.6 Å². The number of piperazine rings is 1. The predicted octanol–water partition coefficient (Wildman–Crippen LogP) is 3.48. The van der Waals surface area contributed by atoms with Gasteiger partial charge in [0.15, 0.2) is 0 Å². The van der Waals surface area contributed by atoms with Crippen molar-refractivity contribution in [2.45, 2.75) is 71.4 Å². The summed E-state index contributed by atoms with van der Waals surface area (Å²) in [4.78, 5) is 55.9. The molecular formula is C40H62ClN7O7. The first kappa shape index (κ1) is 44.3. The molecule has 55 heavy (non-hydrogen) atoms. The Morgan fingerprint density at radius 2 is 1.60 bits per heavy atom. The highest BCUT2D eigenvalue weighted by molar-refractivity contribution is 6.30. The second kappa shape index (κ2) is 22.4. The van der Waals surface area contributed by atoms with Gasteiger partial charge < -0.3 is 39.3 Å². The largest absolute Gasteiger partial charge is 0.387 e. The summed E-state index contributed by atoms with van der Waals surface area (Å²) in [5.74, 6) is 0.886. The Hall–Kier alpha value is -3.40. The Balaban J connectivity index is 1.21. The first-order valence-corrected chi connectivity index (χ1v) is 20.0. The van der Waals surface area contributed by atoms with E-state index in [-0.39, 0.29) is 42.9 Å². The van der Waals surface area contributed by atoms with Crippen LogP contribution in [0, 0.1) is 5.92 Å². The van der Waals surface area contributed by atoms with Crippen LogP contribution in [0.3, 0.4) is 0 Å². The fourth-order valence-electron chi connectivity index (χ4n) is 6.95. The van der Waals surface area contributed by atoms with Gasteiger partial charge in [0, 0.05) is 82.5 Å². The minimum atomic E-state index is -0.569. The van der Waals surface area contributed by atoms with E-state index in [1.165, 1.54) is 6.33 Å². The average molecular weight is 788 g/mol. The Morgan fingerprint density at radius 1 is 0.945 bits per heavy atom. The summed E-state index contributed by atoms with van der Waals surface area (Å²) in [5, 5.41) is 13.9. The van der Waals surface area contributed by atoms with E-state index in [0.29, 0.717) is 108 Å². The minimum absolute atomic E-state index is 0.0294. The number of anilines is 1. The molecule has 0 spiro atoms. The third kappa shape index (κ3) is 13.6. The normalized spacial score (nSPS) is 17.6. The summed E-state index contributed by atoms with van der Waals surface area (Å²) in [6.45, 7) is 16.5. The van der Waals surface area contributed by atoms with Crippen molar-refractivity contribution >= 4 is 35.1 Å². The number of nitrogens with one attached hydrogen (secondary N) is 1. The molecule has 1 fully saturated rings. The zero-order chi connectivity index (χ0) is 39.9. The molecular weight excluding hydrogens is 726 g/mol. The van der Waals surface area contributed by atoms with Gasteiger partial charge in [-0.15, -0.1) is 0 Å². The quantitative estimate of drug-likeness (QED) is 0.169. The minimum Gasteiger partial charge on any atom is -0.387 e. The summed E-state index contributed by atoms with van der Waals surface area (Å²) in [6.07, 6.45) is 2.11. The smallest absolute Gasteiger partial charge is 0.248 e. The Labute approximate surface area is 331 Å². The van der Waals surface area contributed by atoms with Crippen molar-refractivity contribution in [3.8, 4) is 0 Å². The van der Waals surface area contributed by atoms with E-state index < -0.39 is 12.0 Å². The van der Waals surface area contributed by atoms with Crippen molar-refractivity contribution in [2.24, 2.45) is 5.92 Å². The van der Waals surface area contributed by atoms with Crippen LogP contribution in [0.4, 0.5) is 5.82 Å². The summed E-state index contributed by atoms with van der Waals surface area (Å²) < 4.78 is 16.6. The lowest BCUT2D eigenvalue weighted by Gasteiger charge is -2.39. The highest BCUT2D eigenvalue weighted by Gasteiger charge is 2.35. The van der Waals surface area contributed by atoms with Gasteiger partial charge in [0.2, 0.25) is 17.7 Å². The third-order valence-corrected chi connectivity index (χ3v) is 10.4. The molecule has 0 bridgehead atoms. The van der Waals surface area contributed by atoms with Crippen molar-refractivity contribution < 1.29 is 33.7 Å². The number of hydrogen-bond donors (Lipinski definition) is 2. The lowest BCUT2D eigenvalue weighted by molar-refractivity contribution is -0.136. The first-order valence-electron chi connectivity index (χ1n) is 19.7. The molecule has 4 rings (SSSR count). The highest BCUT2D eigenvalue weighted by atomic mass is 35.5. The van der Waals surface area contributed by atoms with E-state index in [1.54, 1.807) is 11.9 Å². The van der Waals surface area contributed by atoms with Crippen molar-refractivity contribution in [3.63, 3.8) is 0 Å². The molecule has 1 aliphatic carbocycles. The van der Waals surface area contributed by atoms with Gasteiger partial charge in [-0.1, -0.05) is 44.5 Å². The number of aromatic nitrogens is 2. The number of amides is 3. The predicted molar refractivity (Wildman–Crippen MR) is 212 cm³/mol. The molecule has 14 nitrogen and oxygen atoms in total. The summed E-state index contributed by atoms with van der Waals surface area (Å²) in [5.41, 5.74) is 2.63. The van der Waals surface area contributed by atoms with Crippen LogP contribution in [0.5, 0.6) is 0 Å². The van der Waals surface area contributed by atoms with E-state index in [1.807, 2.05) is 43.0 Å². The number of rotatable bonds is 22. The average Bonchev–Trinajstić information content (AvgIpc) is 3.46. The molecule has 2 aliphatic rings. The molecule has 2 heterocycles. The van der Waals surface area contributed by atoms with Gasteiger partial charge in [0.05, 0.1) is 50.8 Å². The number of aliphatic hydroxyl groups is 1. The fraction of sp³-hybridized carbons (Fsp3) is 0.675. The van der Waals surface area contributed by atoms with Crippen LogP contribution in [0.25, 0.3) is 0 Å². The molecule has 1 aromatic carbocycles. The molecule has 1 saturated heterocycles. The van der Waals surface area contributed by atoms with Crippen molar-refractivity contribution in [3.05, 3.63) is 52.4 Å². The van der Waals surface area contributed by atoms with Gasteiger partial charge in [0.1, 0.15) is 18.8 Å². The molecule has 2 N–H and O–H groups in total. The van der Waals surface area contributed by atoms with Gasteiger partial charge in [-0.05, 0) is 49.8 Å². The van der Waals surface area contributed by atoms with E-state index in [4.69, 9.17) is 25.8 Å². The van der Waals surface area contributed by atoms with Crippen molar-refractivity contribution in [1.82, 2.24) is 30.0 Å². The van der Waals surface area contributed by atoms with E-state index in [9.17, 15) is 19.5 Å². The second-order valence-corrected chi connectivity index (χ2v) is 15.6. The monoisotopic (exact) mass is 787 g/mol. The van der Waals surface area contributed by atoms with Crippen molar-refractivity contribution in [1.29, 1.82) is 0 Å². The maximum absolute atomic E-state index is 14.3. The lowest BCUT2D eigenvalue weighted by Crippen LogP contribution is -2.52. The number of fused-ring (bicyclic) bond motifs is 1. The van der Waals surface area contributed by atoms with Crippen LogP contribution >= 0.6 is 11.6 Å². The van der Waals surface area contributed by atoms with Crippen molar-refractivity contribution in [2.75, 3.05) is 104 Å². The number of carbonyl (C=O) groups excluding carboxylic acids is 3. The Bertz CT molecular complexity index is 1510. The molecule has 2 aromatic rings. The Morgan fingerprint density at radius 3 is 2.25 bits per heavy atom. The molecule has 0 saturated carbocycles. The maximum atomic E-state index is 14.3. The third-order valence-electron chi connectivity index (χ3n) is 10.2. The van der Waals surface area contributed by atoms with E-state index in [2.05, 4.69) is 45.9 Å². The number of hydrogen-bond acceptors (Lipinski definition) is 11. The van der Waals surface area contributed by atoms with Gasteiger partial charge in [0.25, 0.3) is 0 Å². The van der Waals surface area contributed by atoms with E-state index >= 15 is 0 Å². The van der Waals surface area contributed by atoms with Gasteiger partial charge in [-0.3, -0.25) is 19.3 Å². The van der Waals surface area contributed by atoms with Gasteiger partial charge >= 0.3 is 0 Å². The highest BCUT2D eigenvalue weighted by Crippen LogP contribution is 2.42. The van der Waals surface area contributed by atoms with Gasteiger partial charge in [-0.2, -0.15) is 0 Å². The molecule has 1 aliphatic heterocycles. The lowest BCUT2D eigenvalue weighted by atomic mass is 9.95. The second-order valence-electron chi connectivity index (χ2n) is 15.2. The summed E-state index contributed by atoms with van der Waals surface area (Å²) in [6, 6.07) is 7.63. The molecule has 0 unspecified atom stereocenters. The van der Waals surface area contributed by atoms with Crippen LogP contribution in [0.15, 0.2) is 30.6 Å². The van der Waals surface area contributed by atoms with Gasteiger partial charge in [-0.25, -0.2) is 9.97 Å². The summed E-state index contributed by atoms with van der Waals surface area (Å²) in [7, 11) is 1.76. The molecule has 15 heteroatoms. The topological polar surface area (TPSA) is 150 Å². The number of aliphatic hydroxyl groups excluding tert-OH is 1. The summed E-state index contributed by atoms with van der Waals surface area (Å²) >= 11 is 6.25. The van der Waals surface area contributed by atoms with Crippen LogP contribution < -0.4 is 10.2 Å². The fourth-order valence-corrected chi connectivity index (χ4v) is 7.07. The van der Waals surface area contributed by atoms with Crippen LogP contribution in [0.2, 0.25) is 5.02 Å².